The van der Waals surface area contributed by atoms with Gasteiger partial charge in [0.25, 0.3) is 0 Å². The maximum absolute atomic E-state index is 14.1. The minimum absolute atomic E-state index is 0.0173. The molecule has 12 nitrogen and oxygen atoms in total. The van der Waals surface area contributed by atoms with Gasteiger partial charge in [-0.15, -0.1) is 0 Å². The number of aliphatic imine (C=N–C) groups is 1. The van der Waals surface area contributed by atoms with Crippen LogP contribution in [-0.2, 0) is 32.0 Å². The van der Waals surface area contributed by atoms with Crippen molar-refractivity contribution in [3.8, 4) is 0 Å². The summed E-state index contributed by atoms with van der Waals surface area (Å²) >= 11 is 0. The first kappa shape index (κ1) is 23.2. The van der Waals surface area contributed by atoms with Gasteiger partial charge in [-0.3, -0.25) is 24.2 Å². The molecule has 0 aliphatic heterocycles. The van der Waals surface area contributed by atoms with Crippen molar-refractivity contribution in [3.63, 3.8) is 0 Å². The highest BCUT2D eigenvalue weighted by Crippen LogP contribution is 2.17. The highest BCUT2D eigenvalue weighted by Gasteiger charge is 2.30. The van der Waals surface area contributed by atoms with E-state index in [-0.39, 0.29) is 44.7 Å². The first-order chi connectivity index (χ1) is 24.1. The molecule has 2 aromatic carbocycles. The summed E-state index contributed by atoms with van der Waals surface area (Å²) in [5, 5.41) is 4.45. The van der Waals surface area contributed by atoms with E-state index in [9.17, 15) is 20.5 Å². The van der Waals surface area contributed by atoms with Crippen molar-refractivity contribution in [2.75, 3.05) is 13.1 Å². The van der Waals surface area contributed by atoms with Crippen molar-refractivity contribution in [1.82, 2.24) is 10.6 Å². The van der Waals surface area contributed by atoms with Crippen LogP contribution in [0.4, 0.5) is 0 Å². The molecule has 0 radical (unpaired) electrons. The molecule has 0 spiro atoms. The van der Waals surface area contributed by atoms with Crippen LogP contribution in [0.25, 0.3) is 0 Å². The number of guanidine groups is 1. The van der Waals surface area contributed by atoms with E-state index in [2.05, 4.69) is 10.3 Å². The number of amides is 3. The Labute approximate surface area is 265 Å². The molecule has 0 saturated heterocycles. The number of benzene rings is 2. The van der Waals surface area contributed by atoms with Crippen LogP contribution in [0.1, 0.15) is 62.0 Å². The number of nitrogens with two attached hydrogens (primary N) is 5. The van der Waals surface area contributed by atoms with Crippen LogP contribution < -0.4 is 39.3 Å². The normalized spacial score (nSPS) is 18.4. The number of nitrogens with zero attached hydrogens (tertiary/aromatic N) is 1. The Balaban J connectivity index is 2.69. The van der Waals surface area contributed by atoms with Gasteiger partial charge in [0, 0.05) is 23.0 Å². The number of hydrogen-bond acceptors (Lipinski definition) is 7. The molecule has 0 aliphatic carbocycles. The number of hydrogen-bond donors (Lipinski definition) is 7. The summed E-state index contributed by atoms with van der Waals surface area (Å²) in [5.74, 6) is -8.73. The zero-order chi connectivity index (χ0) is 39.6. The van der Waals surface area contributed by atoms with Crippen LogP contribution in [0.15, 0.2) is 65.5 Å². The maximum Gasteiger partial charge on any atom is 0.239 e. The summed E-state index contributed by atoms with van der Waals surface area (Å²) < 4.78 is 76.7. The SMILES string of the molecule is [2H]c1c([2H])c([2H])c(C([2H])([2H])[C@]([2H])(CC(=O)[C@@H](CCCN=C(N)N)NC(=O)[C@@H](N)Cc2ccccc2)C(=O)N[C@@]([2H])(CCCCN)C(N)=O)c([2H])c1[2H]. The fourth-order valence-corrected chi connectivity index (χ4v) is 3.90. The first-order valence-electron chi connectivity index (χ1n) is 18.2. The third-order valence-corrected chi connectivity index (χ3v) is 6.13. The summed E-state index contributed by atoms with van der Waals surface area (Å²) in [6, 6.07) is -1.70. The number of Topliss-reactive ketones (excluding diaryl/α,β-unsaturated/α-hetero) is 1. The van der Waals surface area contributed by atoms with E-state index in [1.807, 2.05) is 5.32 Å². The zero-order valence-electron chi connectivity index (χ0n) is 32.9. The van der Waals surface area contributed by atoms with Crippen molar-refractivity contribution in [2.45, 2.75) is 69.4 Å². The van der Waals surface area contributed by atoms with Gasteiger partial charge in [-0.05, 0) is 62.6 Å². The lowest BCUT2D eigenvalue weighted by Gasteiger charge is -2.24. The van der Waals surface area contributed by atoms with E-state index in [1.165, 1.54) is 0 Å². The lowest BCUT2D eigenvalue weighted by molar-refractivity contribution is -0.133. The second kappa shape index (κ2) is 19.0. The molecule has 0 saturated carbocycles. The van der Waals surface area contributed by atoms with Crippen LogP contribution in [-0.4, -0.2) is 60.7 Å². The largest absolute Gasteiger partial charge is 0.370 e. The van der Waals surface area contributed by atoms with E-state index in [0.29, 0.717) is 12.0 Å². The molecule has 0 heterocycles. The van der Waals surface area contributed by atoms with E-state index in [1.54, 1.807) is 30.3 Å². The Morgan fingerprint density at radius 3 is 2.23 bits per heavy atom. The van der Waals surface area contributed by atoms with E-state index >= 15 is 0 Å². The second-order valence-corrected chi connectivity index (χ2v) is 9.60. The Hall–Kier alpha value is -4.29. The van der Waals surface area contributed by atoms with Crippen molar-refractivity contribution >= 4 is 29.5 Å². The maximum atomic E-state index is 14.1. The second-order valence-electron chi connectivity index (χ2n) is 9.60. The molecule has 12 heteroatoms. The molecule has 0 bridgehead atoms. The van der Waals surface area contributed by atoms with Crippen molar-refractivity contribution in [3.05, 3.63) is 71.7 Å². The highest BCUT2D eigenvalue weighted by atomic mass is 16.2. The Morgan fingerprint density at radius 1 is 0.907 bits per heavy atom. The van der Waals surface area contributed by atoms with Gasteiger partial charge in [-0.1, -0.05) is 60.5 Å². The number of ketones is 1. The number of primary amides is 1. The molecule has 0 aromatic heterocycles. The number of rotatable bonds is 20. The molecular formula is C31H46N8O4. The average Bonchev–Trinajstić information content (AvgIpc) is 3.07. The summed E-state index contributed by atoms with van der Waals surface area (Å²) in [5.41, 5.74) is 27.4. The van der Waals surface area contributed by atoms with E-state index < -0.39 is 102 Å². The topological polar surface area (TPSA) is 235 Å². The van der Waals surface area contributed by atoms with Crippen LogP contribution in [0, 0.1) is 5.89 Å². The first-order valence-corrected chi connectivity index (χ1v) is 13.7. The predicted molar refractivity (Wildman–Crippen MR) is 167 cm³/mol. The molecule has 0 aliphatic rings. The van der Waals surface area contributed by atoms with Gasteiger partial charge in [-0.25, -0.2) is 0 Å². The lowest BCUT2D eigenvalue weighted by Crippen LogP contribution is -2.51. The monoisotopic (exact) mass is 603 g/mol. The van der Waals surface area contributed by atoms with Crippen LogP contribution in [0.2, 0.25) is 0 Å². The quantitative estimate of drug-likeness (QED) is 0.0617. The fourth-order valence-electron chi connectivity index (χ4n) is 3.90. The molecule has 0 fully saturated rings. The zero-order valence-corrected chi connectivity index (χ0v) is 23.9. The van der Waals surface area contributed by atoms with Gasteiger partial charge < -0.3 is 39.3 Å². The van der Waals surface area contributed by atoms with Crippen molar-refractivity contribution in [1.29, 1.82) is 0 Å². The average molecular weight is 604 g/mol. The highest BCUT2D eigenvalue weighted by molar-refractivity contribution is 5.94. The summed E-state index contributed by atoms with van der Waals surface area (Å²) in [6.45, 7) is 0.138. The fraction of sp³-hybridized carbons (Fsp3) is 0.452. The summed E-state index contributed by atoms with van der Waals surface area (Å²) in [6.07, 6.45) is -5.07. The van der Waals surface area contributed by atoms with Gasteiger partial charge in [0.1, 0.15) is 6.02 Å². The smallest absolute Gasteiger partial charge is 0.239 e. The van der Waals surface area contributed by atoms with Crippen LogP contribution >= 0.6 is 0 Å². The molecule has 234 valence electrons. The summed E-state index contributed by atoms with van der Waals surface area (Å²) in [4.78, 5) is 57.7. The minimum Gasteiger partial charge on any atom is -0.370 e. The standard InChI is InChI=1S/C31H46N8O4/c32-16-8-7-14-26(28(34)41)39-29(42)23(18-21-10-3-1-4-11-21)20-27(40)25(15-9-17-37-31(35)36)38-30(43)24(33)19-22-12-5-2-6-13-22/h1-6,10-13,23-26H,7-9,14-20,32-33H2,(H2,34,41)(H,38,43)(H,39,42)(H4,35,36,37)/t23-,24+,25-,26+/m1/s1/i1D,3D,4D,10D,11D,18D2,23D,26D. The summed E-state index contributed by atoms with van der Waals surface area (Å²) in [7, 11) is 0. The van der Waals surface area contributed by atoms with Crippen LogP contribution in [0.3, 0.4) is 0 Å². The molecule has 3 amide bonds. The Kier molecular flexibility index (Phi) is 10.3. The Morgan fingerprint density at radius 2 is 1.60 bits per heavy atom. The lowest BCUT2D eigenvalue weighted by atomic mass is 9.89. The third kappa shape index (κ3) is 13.5. The van der Waals surface area contributed by atoms with Gasteiger partial charge in [0.15, 0.2) is 11.7 Å². The van der Waals surface area contributed by atoms with E-state index in [4.69, 9.17) is 39.6 Å². The molecule has 43 heavy (non-hydrogen) atoms. The Bertz CT molecular complexity index is 1620. The number of carbonyl (C=O) groups is 4. The number of carbonyl (C=O) groups excluding carboxylic acids is 4. The van der Waals surface area contributed by atoms with Crippen molar-refractivity contribution < 1.29 is 31.5 Å². The molecule has 12 N–H and O–H groups in total. The van der Waals surface area contributed by atoms with Gasteiger partial charge in [0.2, 0.25) is 17.7 Å². The molecule has 4 atom stereocenters. The molecule has 0 unspecified atom stereocenters. The minimum atomic E-state index is -3.58. The van der Waals surface area contributed by atoms with Gasteiger partial charge in [-0.2, -0.15) is 0 Å². The number of nitrogens with one attached hydrogen (secondary N) is 2. The van der Waals surface area contributed by atoms with Gasteiger partial charge >= 0.3 is 0 Å². The molecule has 2 rings (SSSR count). The third-order valence-electron chi connectivity index (χ3n) is 6.13. The number of unbranched alkanes of at least 4 members (excludes halogenated alkanes) is 1. The molecular weight excluding hydrogens is 548 g/mol. The predicted octanol–water partition coefficient (Wildman–Crippen LogP) is 0.0120. The van der Waals surface area contributed by atoms with Crippen molar-refractivity contribution in [2.24, 2.45) is 39.6 Å². The molecule has 2 aromatic rings. The van der Waals surface area contributed by atoms with Gasteiger partial charge in [0.05, 0.1) is 20.3 Å². The van der Waals surface area contributed by atoms with Crippen LogP contribution in [0.5, 0.6) is 0 Å². The van der Waals surface area contributed by atoms with E-state index in [0.717, 1.165) is 0 Å².